The second-order valence-corrected chi connectivity index (χ2v) is 8.93. The molecule has 1 aliphatic heterocycles. The van der Waals surface area contributed by atoms with E-state index >= 15 is 0 Å². The Hall–Kier alpha value is -2.32. The average molecular weight is 490 g/mol. The van der Waals surface area contributed by atoms with E-state index in [1.165, 1.54) is 6.42 Å². The summed E-state index contributed by atoms with van der Waals surface area (Å²) in [5, 5.41) is 12.3. The van der Waals surface area contributed by atoms with Crippen molar-refractivity contribution in [2.75, 3.05) is 26.3 Å². The van der Waals surface area contributed by atoms with Crippen LogP contribution in [0.1, 0.15) is 62.8 Å². The van der Waals surface area contributed by atoms with Gasteiger partial charge in [-0.3, -0.25) is 9.88 Å². The molecule has 7 nitrogen and oxygen atoms in total. The average Bonchev–Trinajstić information content (AvgIpc) is 3.03. The summed E-state index contributed by atoms with van der Waals surface area (Å²) in [6, 6.07) is 9.83. The number of nitrogens with zero attached hydrogens (tertiary/aromatic N) is 3. The van der Waals surface area contributed by atoms with Gasteiger partial charge in [-0.2, -0.15) is 0 Å². The normalized spacial score (nSPS) is 14.8. The van der Waals surface area contributed by atoms with Gasteiger partial charge in [0.05, 0.1) is 5.69 Å². The first kappa shape index (κ1) is 27.9. The highest BCUT2D eigenvalue weighted by molar-refractivity contribution is 6.31. The van der Waals surface area contributed by atoms with Crippen LogP contribution in [0.2, 0.25) is 5.02 Å². The van der Waals surface area contributed by atoms with Crippen LogP contribution in [-0.4, -0.2) is 46.3 Å². The maximum Gasteiger partial charge on any atom is 0.142 e. The molecule has 0 bridgehead atoms. The lowest BCUT2D eigenvalue weighted by molar-refractivity contribution is 0.219. The molecule has 5 N–H and O–H groups in total. The van der Waals surface area contributed by atoms with Crippen LogP contribution in [0.25, 0.3) is 0 Å². The number of halogens is 1. The van der Waals surface area contributed by atoms with Gasteiger partial charge < -0.3 is 20.6 Å². The number of aliphatic hydroxyl groups is 1. The van der Waals surface area contributed by atoms with E-state index < -0.39 is 0 Å². The molecule has 0 aliphatic carbocycles. The molecule has 0 fully saturated rings. The number of fused-ring (bicyclic) bond motifs is 1. The van der Waals surface area contributed by atoms with Crippen LogP contribution in [-0.2, 0) is 13.1 Å². The molecular weight excluding hydrogens is 450 g/mol. The number of ether oxygens (including phenoxy) is 1. The first-order valence-electron chi connectivity index (χ1n) is 12.1. The predicted octanol–water partition coefficient (Wildman–Crippen LogP) is 4.40. The molecule has 3 rings (SSSR count). The quantitative estimate of drug-likeness (QED) is 0.354. The third-order valence-electron chi connectivity index (χ3n) is 5.52. The van der Waals surface area contributed by atoms with Crippen molar-refractivity contribution in [3.8, 4) is 5.75 Å². The molecule has 0 radical (unpaired) electrons. The molecule has 0 spiro atoms. The Balaban J connectivity index is 0.00000129. The summed E-state index contributed by atoms with van der Waals surface area (Å²) in [7, 11) is 0. The fraction of sp³-hybridized carbons (Fsp3) is 0.500. The van der Waals surface area contributed by atoms with E-state index in [0.717, 1.165) is 35.5 Å². The smallest absolute Gasteiger partial charge is 0.142 e. The lowest BCUT2D eigenvalue weighted by Gasteiger charge is -2.22. The van der Waals surface area contributed by atoms with Gasteiger partial charge in [-0.25, -0.2) is 5.84 Å². The summed E-state index contributed by atoms with van der Waals surface area (Å²) in [6.45, 7) is 9.72. The highest BCUT2D eigenvalue weighted by atomic mass is 35.5. The number of rotatable bonds is 9. The van der Waals surface area contributed by atoms with Gasteiger partial charge in [0, 0.05) is 61.8 Å². The van der Waals surface area contributed by atoms with Crippen molar-refractivity contribution in [1.82, 2.24) is 14.9 Å². The van der Waals surface area contributed by atoms with Crippen molar-refractivity contribution in [2.24, 2.45) is 11.6 Å². The van der Waals surface area contributed by atoms with Gasteiger partial charge in [0.2, 0.25) is 0 Å². The van der Waals surface area contributed by atoms with E-state index in [4.69, 9.17) is 27.9 Å². The second kappa shape index (κ2) is 14.8. The summed E-state index contributed by atoms with van der Waals surface area (Å²) < 4.78 is 5.82. The molecule has 1 unspecified atom stereocenters. The van der Waals surface area contributed by atoms with Crippen LogP contribution in [0.4, 0.5) is 0 Å². The minimum atomic E-state index is -0.0225. The molecule has 2 aromatic rings. The van der Waals surface area contributed by atoms with E-state index in [1.807, 2.05) is 31.2 Å². The van der Waals surface area contributed by atoms with Crippen LogP contribution >= 0.6 is 11.6 Å². The maximum atomic E-state index is 9.98. The van der Waals surface area contributed by atoms with E-state index in [9.17, 15) is 5.11 Å². The van der Waals surface area contributed by atoms with Gasteiger partial charge in [-0.1, -0.05) is 44.0 Å². The topological polar surface area (TPSA) is 101 Å². The highest BCUT2D eigenvalue weighted by Crippen LogP contribution is 2.28. The molecule has 1 aromatic heterocycles. The molecule has 1 atom stereocenters. The number of benzene rings is 1. The fourth-order valence-electron chi connectivity index (χ4n) is 3.67. The van der Waals surface area contributed by atoms with Gasteiger partial charge in [0.15, 0.2) is 0 Å². The van der Waals surface area contributed by atoms with Crippen LogP contribution < -0.4 is 16.3 Å². The first-order chi connectivity index (χ1) is 16.4. The highest BCUT2D eigenvalue weighted by Gasteiger charge is 2.19. The number of pyridine rings is 1. The summed E-state index contributed by atoms with van der Waals surface area (Å²) in [4.78, 5) is 6.73. The van der Waals surface area contributed by atoms with E-state index in [1.54, 1.807) is 17.4 Å². The molecule has 8 heteroatoms. The summed E-state index contributed by atoms with van der Waals surface area (Å²) >= 11 is 6.52. The number of hydrogen-bond acceptors (Lipinski definition) is 7. The molecule has 1 aliphatic rings. The molecule has 1 aromatic carbocycles. The number of aliphatic hydroxyl groups excluding tert-OH is 1. The summed E-state index contributed by atoms with van der Waals surface area (Å²) in [5.41, 5.74) is 9.79. The van der Waals surface area contributed by atoms with Gasteiger partial charge in [-0.15, -0.1) is 0 Å². The number of hydrogen-bond donors (Lipinski definition) is 3. The van der Waals surface area contributed by atoms with Crippen LogP contribution in [0.5, 0.6) is 5.75 Å². The van der Waals surface area contributed by atoms with Crippen molar-refractivity contribution in [3.05, 3.63) is 70.3 Å². The molecular formula is C26H40ClN5O2. The number of nitrogens with two attached hydrogens (primary N) is 2. The lowest BCUT2D eigenvalue weighted by Crippen LogP contribution is -2.26. The Morgan fingerprint density at radius 3 is 2.79 bits per heavy atom. The van der Waals surface area contributed by atoms with Crippen molar-refractivity contribution >= 4 is 11.6 Å². The lowest BCUT2D eigenvalue weighted by atomic mass is 9.93. The number of hydrazine groups is 1. The maximum absolute atomic E-state index is 9.98. The molecule has 2 heterocycles. The zero-order chi connectivity index (χ0) is 24.9. The Labute approximate surface area is 209 Å². The standard InChI is InChI=1S/C23H32ClN5O2.C3H8/c1-2-29(26)14-20(25)7-5-18(16-30)17-6-8-21(24)19(12-17)13-28-10-11-31-23-4-3-9-27-22(23)15-28;1-3-2/h3-4,6,8-9,12,14,18,30H,2,5,7,10-11,13,15-16,25-26H2,1H3;3H2,1-2H3/b20-14-;. The van der Waals surface area contributed by atoms with Crippen LogP contribution in [0.15, 0.2) is 48.4 Å². The minimum Gasteiger partial charge on any atom is -0.490 e. The third kappa shape index (κ3) is 8.80. The zero-order valence-electron chi connectivity index (χ0n) is 20.7. The monoisotopic (exact) mass is 489 g/mol. The largest absolute Gasteiger partial charge is 0.490 e. The molecule has 34 heavy (non-hydrogen) atoms. The zero-order valence-corrected chi connectivity index (χ0v) is 21.5. The van der Waals surface area contributed by atoms with E-state index in [2.05, 4.69) is 29.8 Å². The SMILES string of the molecule is CCC.CCN(N)/C=C(\N)CCC(CO)c1ccc(Cl)c(CN2CCOc3cccnc3C2)c1. The second-order valence-electron chi connectivity index (χ2n) is 8.52. The van der Waals surface area contributed by atoms with E-state index in [-0.39, 0.29) is 12.5 Å². The molecule has 0 saturated carbocycles. The Morgan fingerprint density at radius 2 is 2.09 bits per heavy atom. The predicted molar refractivity (Wildman–Crippen MR) is 139 cm³/mol. The van der Waals surface area contributed by atoms with Crippen LogP contribution in [0.3, 0.4) is 0 Å². The van der Waals surface area contributed by atoms with Gasteiger partial charge in [0.25, 0.3) is 0 Å². The van der Waals surface area contributed by atoms with Gasteiger partial charge >= 0.3 is 0 Å². The molecule has 188 valence electrons. The third-order valence-corrected chi connectivity index (χ3v) is 5.89. The first-order valence-corrected chi connectivity index (χ1v) is 12.4. The number of aromatic nitrogens is 1. The van der Waals surface area contributed by atoms with Crippen molar-refractivity contribution in [3.63, 3.8) is 0 Å². The van der Waals surface area contributed by atoms with Gasteiger partial charge in [-0.05, 0) is 49.1 Å². The molecule has 0 saturated heterocycles. The van der Waals surface area contributed by atoms with Crippen molar-refractivity contribution < 1.29 is 9.84 Å². The van der Waals surface area contributed by atoms with Crippen molar-refractivity contribution in [1.29, 1.82) is 0 Å². The minimum absolute atomic E-state index is 0.0225. The Bertz CT molecular complexity index is 909. The Kier molecular flexibility index (Phi) is 12.2. The van der Waals surface area contributed by atoms with Gasteiger partial charge in [0.1, 0.15) is 12.4 Å². The number of allylic oxidation sites excluding steroid dienone is 1. The van der Waals surface area contributed by atoms with Crippen molar-refractivity contribution in [2.45, 2.75) is 59.0 Å². The summed E-state index contributed by atoms with van der Waals surface area (Å²) in [6.07, 6.45) is 6.17. The van der Waals surface area contributed by atoms with Crippen LogP contribution in [0, 0.1) is 0 Å². The van der Waals surface area contributed by atoms with E-state index in [0.29, 0.717) is 43.4 Å². The fourth-order valence-corrected chi connectivity index (χ4v) is 3.85. The Morgan fingerprint density at radius 1 is 1.32 bits per heavy atom. The molecule has 0 amide bonds. The summed E-state index contributed by atoms with van der Waals surface area (Å²) in [5.74, 6) is 6.61.